The van der Waals surface area contributed by atoms with Crippen LogP contribution in [-0.4, -0.2) is 92.7 Å². The molecule has 0 aromatic heterocycles. The second-order valence-corrected chi connectivity index (χ2v) is 11.2. The second-order valence-electron chi connectivity index (χ2n) is 9.25. The van der Waals surface area contributed by atoms with Crippen molar-refractivity contribution in [1.29, 1.82) is 0 Å². The second kappa shape index (κ2) is 7.78. The van der Waals surface area contributed by atoms with Crippen LogP contribution in [0, 0.1) is 10.8 Å². The Hall–Kier alpha value is -2.13. The van der Waals surface area contributed by atoms with Crippen molar-refractivity contribution < 1.29 is 18.0 Å². The van der Waals surface area contributed by atoms with Crippen molar-refractivity contribution >= 4 is 22.0 Å². The van der Waals surface area contributed by atoms with Gasteiger partial charge in [-0.05, 0) is 38.3 Å². The molecule has 3 aliphatic rings. The van der Waals surface area contributed by atoms with Crippen molar-refractivity contribution in [3.63, 3.8) is 0 Å². The van der Waals surface area contributed by atoms with Crippen molar-refractivity contribution in [2.75, 3.05) is 53.4 Å². The quantitative estimate of drug-likeness (QED) is 0.705. The average molecular weight is 449 g/mol. The fourth-order valence-electron chi connectivity index (χ4n) is 5.79. The Kier molecular flexibility index (Phi) is 5.54. The predicted octanol–water partition coefficient (Wildman–Crippen LogP) is 1.69. The lowest BCUT2D eigenvalue weighted by Gasteiger charge is -2.46. The van der Waals surface area contributed by atoms with E-state index in [1.54, 1.807) is 54.2 Å². The molecule has 9 heteroatoms. The lowest BCUT2D eigenvalue weighted by molar-refractivity contribution is -0.141. The molecular weight excluding hydrogens is 416 g/mol. The van der Waals surface area contributed by atoms with Gasteiger partial charge in [-0.25, -0.2) is 13.2 Å². The van der Waals surface area contributed by atoms with Crippen LogP contribution in [0.3, 0.4) is 0 Å². The summed E-state index contributed by atoms with van der Waals surface area (Å²) >= 11 is 0. The van der Waals surface area contributed by atoms with Crippen LogP contribution in [0.15, 0.2) is 35.2 Å². The Balaban J connectivity index is 1.62. The number of fused-ring (bicyclic) bond motifs is 1. The first kappa shape index (κ1) is 22.1. The topological polar surface area (TPSA) is 81.2 Å². The molecule has 3 heterocycles. The SMILES string of the molecule is CCN1CCC2(CN(C(=O)N(C)C)CC23CCN(S(=O)(=O)c2ccccc2)CC3)C1=O. The number of sulfonamides is 1. The number of nitrogens with zero attached hydrogens (tertiary/aromatic N) is 4. The highest BCUT2D eigenvalue weighted by atomic mass is 32.2. The number of urea groups is 1. The number of rotatable bonds is 3. The molecule has 0 radical (unpaired) electrons. The Morgan fingerprint density at radius 2 is 1.68 bits per heavy atom. The van der Waals surface area contributed by atoms with Gasteiger partial charge in [0.15, 0.2) is 0 Å². The summed E-state index contributed by atoms with van der Waals surface area (Å²) in [5, 5.41) is 0. The van der Waals surface area contributed by atoms with E-state index in [0.717, 1.165) is 6.42 Å². The van der Waals surface area contributed by atoms with E-state index in [1.807, 2.05) is 11.8 Å². The van der Waals surface area contributed by atoms with Gasteiger partial charge in [0.2, 0.25) is 15.9 Å². The van der Waals surface area contributed by atoms with Crippen LogP contribution >= 0.6 is 0 Å². The van der Waals surface area contributed by atoms with Crippen molar-refractivity contribution in [3.05, 3.63) is 30.3 Å². The van der Waals surface area contributed by atoms with Crippen LogP contribution in [0.25, 0.3) is 0 Å². The predicted molar refractivity (Wildman–Crippen MR) is 117 cm³/mol. The lowest BCUT2D eigenvalue weighted by Crippen LogP contribution is -2.53. The van der Waals surface area contributed by atoms with E-state index in [0.29, 0.717) is 57.0 Å². The van der Waals surface area contributed by atoms with Gasteiger partial charge >= 0.3 is 6.03 Å². The van der Waals surface area contributed by atoms with Crippen LogP contribution in [0.1, 0.15) is 26.2 Å². The summed E-state index contributed by atoms with van der Waals surface area (Å²) in [6.45, 7) is 5.00. The fraction of sp³-hybridized carbons (Fsp3) is 0.636. The molecule has 0 N–H and O–H groups in total. The number of carbonyl (C=O) groups excluding carboxylic acids is 2. The Bertz CT molecular complexity index is 957. The highest BCUT2D eigenvalue weighted by molar-refractivity contribution is 7.89. The van der Waals surface area contributed by atoms with Gasteiger partial charge in [0.05, 0.1) is 10.3 Å². The molecule has 0 bridgehead atoms. The molecule has 0 aliphatic carbocycles. The van der Waals surface area contributed by atoms with Crippen molar-refractivity contribution in [2.24, 2.45) is 10.8 Å². The number of benzene rings is 1. The molecule has 3 aliphatic heterocycles. The Morgan fingerprint density at radius 1 is 1.03 bits per heavy atom. The molecule has 31 heavy (non-hydrogen) atoms. The molecule has 3 amide bonds. The minimum absolute atomic E-state index is 0.0849. The number of hydrogen-bond donors (Lipinski definition) is 0. The molecule has 4 rings (SSSR count). The maximum atomic E-state index is 13.5. The zero-order valence-corrected chi connectivity index (χ0v) is 19.4. The Labute approximate surface area is 184 Å². The Morgan fingerprint density at radius 3 is 2.23 bits per heavy atom. The van der Waals surface area contributed by atoms with Gasteiger partial charge in [0, 0.05) is 58.8 Å². The first-order chi connectivity index (χ1) is 14.7. The molecule has 1 atom stereocenters. The monoisotopic (exact) mass is 448 g/mol. The summed E-state index contributed by atoms with van der Waals surface area (Å²) in [7, 11) is -0.114. The van der Waals surface area contributed by atoms with E-state index in [9.17, 15) is 18.0 Å². The van der Waals surface area contributed by atoms with E-state index >= 15 is 0 Å². The summed E-state index contributed by atoms with van der Waals surface area (Å²) in [5.74, 6) is 0.128. The zero-order chi connectivity index (χ0) is 22.4. The normalized spacial score (nSPS) is 26.2. The standard InChI is InChI=1S/C22H32N4O4S/c1-4-24-13-12-22(19(24)27)17-25(20(28)23(2)3)16-21(22)10-14-26(15-11-21)31(29,30)18-8-6-5-7-9-18/h5-9H,4,10-17H2,1-3H3. The molecule has 170 valence electrons. The first-order valence-electron chi connectivity index (χ1n) is 11.0. The summed E-state index contributed by atoms with van der Waals surface area (Å²) in [4.78, 5) is 31.9. The van der Waals surface area contributed by atoms with Crippen LogP contribution in [0.4, 0.5) is 4.79 Å². The molecule has 3 saturated heterocycles. The largest absolute Gasteiger partial charge is 0.342 e. The maximum Gasteiger partial charge on any atom is 0.319 e. The van der Waals surface area contributed by atoms with Crippen molar-refractivity contribution in [3.8, 4) is 0 Å². The maximum absolute atomic E-state index is 13.5. The summed E-state index contributed by atoms with van der Waals surface area (Å²) in [6, 6.07) is 8.41. The minimum Gasteiger partial charge on any atom is -0.342 e. The third kappa shape index (κ3) is 3.33. The van der Waals surface area contributed by atoms with Gasteiger partial charge in [-0.3, -0.25) is 4.79 Å². The first-order valence-corrected chi connectivity index (χ1v) is 12.4. The van der Waals surface area contributed by atoms with Crippen LogP contribution in [-0.2, 0) is 14.8 Å². The minimum atomic E-state index is -3.57. The van der Waals surface area contributed by atoms with Gasteiger partial charge in [-0.1, -0.05) is 18.2 Å². The average Bonchev–Trinajstić information content (AvgIpc) is 3.26. The molecular formula is C22H32N4O4S. The number of amides is 3. The van der Waals surface area contributed by atoms with Gasteiger partial charge in [-0.2, -0.15) is 4.31 Å². The van der Waals surface area contributed by atoms with Crippen molar-refractivity contribution in [2.45, 2.75) is 31.1 Å². The van der Waals surface area contributed by atoms with E-state index in [2.05, 4.69) is 0 Å². The number of hydrogen-bond acceptors (Lipinski definition) is 4. The third-order valence-corrected chi connectivity index (χ3v) is 9.48. The number of likely N-dealkylation sites (tertiary alicyclic amines) is 2. The van der Waals surface area contributed by atoms with E-state index in [-0.39, 0.29) is 17.4 Å². The lowest BCUT2D eigenvalue weighted by atomic mass is 9.60. The van der Waals surface area contributed by atoms with Gasteiger partial charge in [0.1, 0.15) is 0 Å². The smallest absolute Gasteiger partial charge is 0.319 e. The van der Waals surface area contributed by atoms with E-state index in [1.165, 1.54) is 4.31 Å². The van der Waals surface area contributed by atoms with E-state index in [4.69, 9.17) is 0 Å². The number of carbonyl (C=O) groups is 2. The van der Waals surface area contributed by atoms with Crippen LogP contribution in [0.2, 0.25) is 0 Å². The van der Waals surface area contributed by atoms with Gasteiger partial charge in [0.25, 0.3) is 0 Å². The van der Waals surface area contributed by atoms with Crippen LogP contribution < -0.4 is 0 Å². The number of piperidine rings is 1. The molecule has 2 spiro atoms. The highest BCUT2D eigenvalue weighted by Crippen LogP contribution is 2.58. The molecule has 0 saturated carbocycles. The summed E-state index contributed by atoms with van der Waals surface area (Å²) < 4.78 is 27.8. The summed E-state index contributed by atoms with van der Waals surface area (Å²) in [5.41, 5.74) is -1.00. The molecule has 8 nitrogen and oxygen atoms in total. The molecule has 3 fully saturated rings. The van der Waals surface area contributed by atoms with Crippen molar-refractivity contribution in [1.82, 2.24) is 19.0 Å². The molecule has 1 aromatic rings. The zero-order valence-electron chi connectivity index (χ0n) is 18.6. The van der Waals surface area contributed by atoms with Gasteiger partial charge < -0.3 is 14.7 Å². The fourth-order valence-corrected chi connectivity index (χ4v) is 7.26. The highest BCUT2D eigenvalue weighted by Gasteiger charge is 2.66. The molecule has 1 aromatic carbocycles. The van der Waals surface area contributed by atoms with Gasteiger partial charge in [-0.15, -0.1) is 0 Å². The summed E-state index contributed by atoms with van der Waals surface area (Å²) in [6.07, 6.45) is 1.89. The van der Waals surface area contributed by atoms with E-state index < -0.39 is 15.4 Å². The molecule has 1 unspecified atom stereocenters. The van der Waals surface area contributed by atoms with Crippen LogP contribution in [0.5, 0.6) is 0 Å². The third-order valence-electron chi connectivity index (χ3n) is 7.57.